The summed E-state index contributed by atoms with van der Waals surface area (Å²) < 4.78 is 33.5. The van der Waals surface area contributed by atoms with E-state index in [4.69, 9.17) is 4.74 Å². The van der Waals surface area contributed by atoms with Gasteiger partial charge in [0.1, 0.15) is 10.8 Å². The van der Waals surface area contributed by atoms with E-state index in [9.17, 15) is 8.42 Å². The van der Waals surface area contributed by atoms with E-state index in [1.165, 1.54) is 11.3 Å². The molecule has 3 aromatic rings. The average Bonchev–Trinajstić information content (AvgIpc) is 3.16. The largest absolute Gasteiger partial charge is 0.496 e. The fourth-order valence-corrected chi connectivity index (χ4v) is 6.07. The molecule has 0 unspecified atom stereocenters. The second kappa shape index (κ2) is 7.48. The lowest BCUT2D eigenvalue weighted by Gasteiger charge is -2.09. The zero-order valence-corrected chi connectivity index (χ0v) is 17.4. The van der Waals surface area contributed by atoms with Gasteiger partial charge in [-0.25, -0.2) is 18.1 Å². The zero-order chi connectivity index (χ0) is 18.9. The molecular formula is C18H20N2O3S3. The van der Waals surface area contributed by atoms with Gasteiger partial charge in [0.2, 0.25) is 10.0 Å². The minimum Gasteiger partial charge on any atom is -0.496 e. The summed E-state index contributed by atoms with van der Waals surface area (Å²) in [5, 5.41) is 0.860. The molecule has 26 heavy (non-hydrogen) atoms. The molecule has 2 heterocycles. The van der Waals surface area contributed by atoms with Crippen molar-refractivity contribution < 1.29 is 13.2 Å². The molecule has 0 aliphatic rings. The minimum absolute atomic E-state index is 0.173. The van der Waals surface area contributed by atoms with Crippen LogP contribution in [0, 0.1) is 20.8 Å². The Labute approximate surface area is 161 Å². The maximum atomic E-state index is 12.8. The highest BCUT2D eigenvalue weighted by atomic mass is 32.2. The maximum absolute atomic E-state index is 12.8. The summed E-state index contributed by atoms with van der Waals surface area (Å²) in [7, 11) is -2.05. The topological polar surface area (TPSA) is 68.3 Å². The number of rotatable bonds is 6. The summed E-state index contributed by atoms with van der Waals surface area (Å²) in [5.74, 6) is 0.659. The predicted molar refractivity (Wildman–Crippen MR) is 107 cm³/mol. The van der Waals surface area contributed by atoms with Crippen molar-refractivity contribution in [1.82, 2.24) is 9.71 Å². The van der Waals surface area contributed by atoms with E-state index in [0.717, 1.165) is 30.9 Å². The highest BCUT2D eigenvalue weighted by molar-refractivity contribution is 7.89. The Hall–Kier alpha value is -1.74. The van der Waals surface area contributed by atoms with Gasteiger partial charge in [-0.05, 0) is 32.9 Å². The molecule has 3 rings (SSSR count). The van der Waals surface area contributed by atoms with Crippen LogP contribution < -0.4 is 9.46 Å². The number of methoxy groups -OCH3 is 1. The van der Waals surface area contributed by atoms with Crippen LogP contribution in [0.4, 0.5) is 0 Å². The molecule has 0 aliphatic carbocycles. The second-order valence-electron chi connectivity index (χ2n) is 5.83. The highest BCUT2D eigenvalue weighted by Crippen LogP contribution is 2.36. The van der Waals surface area contributed by atoms with E-state index in [0.29, 0.717) is 10.6 Å². The van der Waals surface area contributed by atoms with Crippen LogP contribution in [0.2, 0.25) is 0 Å². The van der Waals surface area contributed by atoms with Crippen LogP contribution in [0.25, 0.3) is 9.88 Å². The number of hydrogen-bond donors (Lipinski definition) is 1. The third kappa shape index (κ3) is 3.83. The molecule has 0 saturated heterocycles. The first kappa shape index (κ1) is 19.0. The molecule has 5 nitrogen and oxygen atoms in total. The SMILES string of the molecule is COc1ccccc1CNS(=O)(=O)c1cc(-c2nc(C)c(C)s2)sc1C. The molecule has 0 bridgehead atoms. The fourth-order valence-electron chi connectivity index (χ4n) is 2.52. The first-order valence-corrected chi connectivity index (χ1v) is 11.1. The van der Waals surface area contributed by atoms with Gasteiger partial charge in [-0.3, -0.25) is 0 Å². The summed E-state index contributed by atoms with van der Waals surface area (Å²) in [4.78, 5) is 7.60. The Morgan fingerprint density at radius 1 is 1.12 bits per heavy atom. The van der Waals surface area contributed by atoms with Crippen LogP contribution in [0.3, 0.4) is 0 Å². The number of ether oxygens (including phenoxy) is 1. The van der Waals surface area contributed by atoms with E-state index in [1.807, 2.05) is 45.0 Å². The number of para-hydroxylation sites is 1. The predicted octanol–water partition coefficient (Wildman–Crippen LogP) is 4.28. The molecule has 1 N–H and O–H groups in total. The number of aryl methyl sites for hydroxylation is 3. The normalized spacial score (nSPS) is 11.7. The van der Waals surface area contributed by atoms with Crippen molar-refractivity contribution in [3.05, 3.63) is 51.3 Å². The summed E-state index contributed by atoms with van der Waals surface area (Å²) in [6.07, 6.45) is 0. The van der Waals surface area contributed by atoms with Gasteiger partial charge in [0.15, 0.2) is 0 Å². The van der Waals surface area contributed by atoms with E-state index < -0.39 is 10.0 Å². The molecule has 2 aromatic heterocycles. The van der Waals surface area contributed by atoms with Crippen molar-refractivity contribution in [2.75, 3.05) is 7.11 Å². The lowest BCUT2D eigenvalue weighted by Crippen LogP contribution is -2.23. The lowest BCUT2D eigenvalue weighted by atomic mass is 10.2. The number of nitrogens with one attached hydrogen (secondary N) is 1. The van der Waals surface area contributed by atoms with Crippen LogP contribution in [0.15, 0.2) is 35.2 Å². The van der Waals surface area contributed by atoms with Crippen molar-refractivity contribution in [2.24, 2.45) is 0 Å². The minimum atomic E-state index is -3.62. The van der Waals surface area contributed by atoms with Gasteiger partial charge >= 0.3 is 0 Å². The standard InChI is InChI=1S/C18H20N2O3S3/c1-11-12(2)25-18(20-11)16-9-17(13(3)24-16)26(21,22)19-10-14-7-5-6-8-15(14)23-4/h5-9,19H,10H2,1-4H3. The van der Waals surface area contributed by atoms with Crippen LogP contribution in [-0.2, 0) is 16.6 Å². The maximum Gasteiger partial charge on any atom is 0.241 e. The molecule has 0 atom stereocenters. The van der Waals surface area contributed by atoms with Crippen molar-refractivity contribution in [1.29, 1.82) is 0 Å². The van der Waals surface area contributed by atoms with Crippen molar-refractivity contribution in [3.63, 3.8) is 0 Å². The Morgan fingerprint density at radius 3 is 2.50 bits per heavy atom. The van der Waals surface area contributed by atoms with E-state index in [2.05, 4.69) is 9.71 Å². The Kier molecular flexibility index (Phi) is 5.47. The lowest BCUT2D eigenvalue weighted by molar-refractivity contribution is 0.409. The molecule has 1 aromatic carbocycles. The van der Waals surface area contributed by atoms with E-state index >= 15 is 0 Å². The Bertz CT molecular complexity index is 1020. The molecule has 0 fully saturated rings. The first-order chi connectivity index (χ1) is 12.3. The monoisotopic (exact) mass is 408 g/mol. The summed E-state index contributed by atoms with van der Waals surface area (Å²) in [5.41, 5.74) is 1.77. The summed E-state index contributed by atoms with van der Waals surface area (Å²) in [6, 6.07) is 9.07. The summed E-state index contributed by atoms with van der Waals surface area (Å²) >= 11 is 3.03. The van der Waals surface area contributed by atoms with Gasteiger partial charge in [0.25, 0.3) is 0 Å². The van der Waals surface area contributed by atoms with Crippen LogP contribution in [0.5, 0.6) is 5.75 Å². The number of thiazole rings is 1. The van der Waals surface area contributed by atoms with Crippen molar-refractivity contribution >= 4 is 32.7 Å². The number of aromatic nitrogens is 1. The molecule has 0 aliphatic heterocycles. The van der Waals surface area contributed by atoms with Crippen LogP contribution in [-0.4, -0.2) is 20.5 Å². The third-order valence-corrected chi connectivity index (χ3v) is 8.00. The van der Waals surface area contributed by atoms with Gasteiger partial charge in [-0.2, -0.15) is 0 Å². The first-order valence-electron chi connectivity index (χ1n) is 7.98. The number of thiophene rings is 1. The molecule has 0 radical (unpaired) electrons. The van der Waals surface area contributed by atoms with Crippen LogP contribution >= 0.6 is 22.7 Å². The van der Waals surface area contributed by atoms with E-state index in [-0.39, 0.29) is 6.54 Å². The molecule has 0 spiro atoms. The Balaban J connectivity index is 1.85. The molecule has 0 saturated carbocycles. The van der Waals surface area contributed by atoms with Gasteiger partial charge in [0, 0.05) is 21.9 Å². The van der Waals surface area contributed by atoms with Gasteiger partial charge in [-0.15, -0.1) is 22.7 Å². The average molecular weight is 409 g/mol. The van der Waals surface area contributed by atoms with Crippen molar-refractivity contribution in [2.45, 2.75) is 32.2 Å². The highest BCUT2D eigenvalue weighted by Gasteiger charge is 2.22. The number of benzene rings is 1. The molecule has 8 heteroatoms. The van der Waals surface area contributed by atoms with Crippen LogP contribution in [0.1, 0.15) is 21.0 Å². The van der Waals surface area contributed by atoms with E-state index in [1.54, 1.807) is 24.5 Å². The summed E-state index contributed by atoms with van der Waals surface area (Å²) in [6.45, 7) is 5.97. The molecular weight excluding hydrogens is 388 g/mol. The fraction of sp³-hybridized carbons (Fsp3) is 0.278. The van der Waals surface area contributed by atoms with Gasteiger partial charge in [-0.1, -0.05) is 18.2 Å². The zero-order valence-electron chi connectivity index (χ0n) is 15.0. The second-order valence-corrected chi connectivity index (χ2v) is 10.0. The molecule has 138 valence electrons. The Morgan fingerprint density at radius 2 is 1.85 bits per heavy atom. The quantitative estimate of drug-likeness (QED) is 0.661. The van der Waals surface area contributed by atoms with Crippen molar-refractivity contribution in [3.8, 4) is 15.6 Å². The molecule has 0 amide bonds. The third-order valence-electron chi connectivity index (χ3n) is 4.05. The van der Waals surface area contributed by atoms with Gasteiger partial charge < -0.3 is 4.74 Å². The van der Waals surface area contributed by atoms with Gasteiger partial charge in [0.05, 0.1) is 22.6 Å². The number of sulfonamides is 1. The number of nitrogens with zero attached hydrogens (tertiary/aromatic N) is 1. The number of hydrogen-bond acceptors (Lipinski definition) is 6. The smallest absolute Gasteiger partial charge is 0.241 e.